The van der Waals surface area contributed by atoms with Crippen LogP contribution in [0.2, 0.25) is 0 Å². The first kappa shape index (κ1) is 13.0. The number of hydrogen-bond donors (Lipinski definition) is 1. The summed E-state index contributed by atoms with van der Waals surface area (Å²) < 4.78 is 6.07. The molecule has 1 atom stereocenters. The molecular weight excluding hydrogens is 256 g/mol. The van der Waals surface area contributed by atoms with Crippen LogP contribution in [0.3, 0.4) is 0 Å². The van der Waals surface area contributed by atoms with Crippen molar-refractivity contribution < 1.29 is 14.3 Å². The quantitative estimate of drug-likeness (QED) is 0.850. The molecule has 2 aliphatic heterocycles. The smallest absolute Gasteiger partial charge is 0.317 e. The van der Waals surface area contributed by atoms with Crippen LogP contribution in [0.15, 0.2) is 24.3 Å². The predicted octanol–water partition coefficient (Wildman–Crippen LogP) is 1.83. The lowest BCUT2D eigenvalue weighted by atomic mass is 9.89. The third-order valence-corrected chi connectivity index (χ3v) is 3.93. The Labute approximate surface area is 117 Å². The minimum atomic E-state index is -0.545. The molecule has 1 fully saturated rings. The highest BCUT2D eigenvalue weighted by molar-refractivity contribution is 6.00. The van der Waals surface area contributed by atoms with E-state index in [2.05, 4.69) is 5.32 Å². The van der Waals surface area contributed by atoms with Gasteiger partial charge in [-0.3, -0.25) is 4.79 Å². The lowest BCUT2D eigenvalue weighted by molar-refractivity contribution is 0.0478. The summed E-state index contributed by atoms with van der Waals surface area (Å²) in [6.45, 7) is 3.59. The second-order valence-corrected chi connectivity index (χ2v) is 5.39. The average Bonchev–Trinajstić information content (AvgIpc) is 2.83. The molecule has 5 heteroatoms. The SMILES string of the molecule is CCNC(=O)N1CCC2(CC(=O)c3ccccc3O2)C1. The van der Waals surface area contributed by atoms with Gasteiger partial charge in [-0.1, -0.05) is 12.1 Å². The fourth-order valence-corrected chi connectivity index (χ4v) is 2.95. The Bertz CT molecular complexity index is 558. The third kappa shape index (κ3) is 2.13. The van der Waals surface area contributed by atoms with Crippen molar-refractivity contribution in [2.75, 3.05) is 19.6 Å². The van der Waals surface area contributed by atoms with E-state index in [0.29, 0.717) is 43.8 Å². The zero-order chi connectivity index (χ0) is 14.2. The number of urea groups is 1. The summed E-state index contributed by atoms with van der Waals surface area (Å²) in [5.74, 6) is 0.742. The van der Waals surface area contributed by atoms with Gasteiger partial charge >= 0.3 is 6.03 Å². The summed E-state index contributed by atoms with van der Waals surface area (Å²) in [6, 6.07) is 7.23. The molecule has 1 N–H and O–H groups in total. The van der Waals surface area contributed by atoms with Gasteiger partial charge in [0.1, 0.15) is 11.4 Å². The van der Waals surface area contributed by atoms with Gasteiger partial charge in [0.15, 0.2) is 5.78 Å². The molecule has 0 saturated carbocycles. The lowest BCUT2D eigenvalue weighted by Gasteiger charge is -2.34. The minimum Gasteiger partial charge on any atom is -0.484 e. The molecule has 3 rings (SSSR count). The molecule has 1 aromatic rings. The first-order valence-electron chi connectivity index (χ1n) is 6.97. The van der Waals surface area contributed by atoms with Crippen LogP contribution < -0.4 is 10.1 Å². The highest BCUT2D eigenvalue weighted by Gasteiger charge is 2.46. The Balaban J connectivity index is 1.80. The minimum absolute atomic E-state index is 0.0840. The van der Waals surface area contributed by atoms with Gasteiger partial charge in [0, 0.05) is 19.5 Å². The summed E-state index contributed by atoms with van der Waals surface area (Å²) in [4.78, 5) is 25.8. The molecular formula is C15H18N2O3. The standard InChI is InChI=1S/C15H18N2O3/c1-2-16-14(19)17-8-7-15(10-17)9-12(18)11-5-3-4-6-13(11)20-15/h3-6H,2,7-10H2,1H3,(H,16,19). The van der Waals surface area contributed by atoms with E-state index in [1.165, 1.54) is 0 Å². The van der Waals surface area contributed by atoms with E-state index in [1.54, 1.807) is 11.0 Å². The van der Waals surface area contributed by atoms with Gasteiger partial charge in [0.05, 0.1) is 18.5 Å². The Morgan fingerprint density at radius 2 is 2.25 bits per heavy atom. The molecule has 0 radical (unpaired) electrons. The van der Waals surface area contributed by atoms with Crippen LogP contribution in [0.25, 0.3) is 0 Å². The maximum absolute atomic E-state index is 12.2. The number of para-hydroxylation sites is 1. The van der Waals surface area contributed by atoms with Crippen LogP contribution in [0.4, 0.5) is 4.79 Å². The number of nitrogens with one attached hydrogen (secondary N) is 1. The van der Waals surface area contributed by atoms with Crippen LogP contribution in [0.5, 0.6) is 5.75 Å². The average molecular weight is 274 g/mol. The van der Waals surface area contributed by atoms with Gasteiger partial charge in [-0.05, 0) is 19.1 Å². The topological polar surface area (TPSA) is 58.6 Å². The van der Waals surface area contributed by atoms with Crippen molar-refractivity contribution in [3.05, 3.63) is 29.8 Å². The number of ether oxygens (including phenoxy) is 1. The second-order valence-electron chi connectivity index (χ2n) is 5.39. The van der Waals surface area contributed by atoms with Gasteiger partial charge in [0.25, 0.3) is 0 Å². The zero-order valence-electron chi connectivity index (χ0n) is 11.5. The maximum atomic E-state index is 12.2. The highest BCUT2D eigenvalue weighted by atomic mass is 16.5. The van der Waals surface area contributed by atoms with Gasteiger partial charge in [-0.25, -0.2) is 4.79 Å². The Hall–Kier alpha value is -2.04. The van der Waals surface area contributed by atoms with Gasteiger partial charge < -0.3 is 15.0 Å². The number of ketones is 1. The molecule has 0 bridgehead atoms. The Morgan fingerprint density at radius 1 is 1.45 bits per heavy atom. The van der Waals surface area contributed by atoms with Gasteiger partial charge in [-0.2, -0.15) is 0 Å². The lowest BCUT2D eigenvalue weighted by Crippen LogP contribution is -2.47. The van der Waals surface area contributed by atoms with Crippen LogP contribution >= 0.6 is 0 Å². The number of carbonyl (C=O) groups excluding carboxylic acids is 2. The first-order valence-corrected chi connectivity index (χ1v) is 6.97. The van der Waals surface area contributed by atoms with E-state index < -0.39 is 5.60 Å². The molecule has 0 aliphatic carbocycles. The Morgan fingerprint density at radius 3 is 3.05 bits per heavy atom. The maximum Gasteiger partial charge on any atom is 0.317 e. The number of Topliss-reactive ketones (excluding diaryl/α,β-unsaturated/α-hetero) is 1. The number of benzene rings is 1. The van der Waals surface area contributed by atoms with Gasteiger partial charge in [-0.15, -0.1) is 0 Å². The van der Waals surface area contributed by atoms with E-state index in [4.69, 9.17) is 4.74 Å². The van der Waals surface area contributed by atoms with E-state index in [-0.39, 0.29) is 11.8 Å². The van der Waals surface area contributed by atoms with E-state index in [0.717, 1.165) is 0 Å². The van der Waals surface area contributed by atoms with E-state index in [9.17, 15) is 9.59 Å². The third-order valence-electron chi connectivity index (χ3n) is 3.93. The molecule has 1 saturated heterocycles. The predicted molar refractivity (Wildman–Crippen MR) is 74.0 cm³/mol. The van der Waals surface area contributed by atoms with Crippen LogP contribution in [0, 0.1) is 0 Å². The number of rotatable bonds is 1. The molecule has 20 heavy (non-hydrogen) atoms. The molecule has 2 heterocycles. The summed E-state index contributed by atoms with van der Waals surface area (Å²) in [7, 11) is 0. The number of fused-ring (bicyclic) bond motifs is 1. The molecule has 106 valence electrons. The van der Waals surface area contributed by atoms with Crippen LogP contribution in [0.1, 0.15) is 30.1 Å². The molecule has 1 spiro atoms. The number of nitrogens with zero attached hydrogens (tertiary/aromatic N) is 1. The van der Waals surface area contributed by atoms with Crippen molar-refractivity contribution >= 4 is 11.8 Å². The summed E-state index contributed by atoms with van der Waals surface area (Å²) in [5.41, 5.74) is 0.103. The summed E-state index contributed by atoms with van der Waals surface area (Å²) >= 11 is 0. The van der Waals surface area contributed by atoms with Crippen LogP contribution in [-0.2, 0) is 0 Å². The van der Waals surface area contributed by atoms with Crippen molar-refractivity contribution in [3.8, 4) is 5.75 Å². The number of carbonyl (C=O) groups is 2. The van der Waals surface area contributed by atoms with Crippen molar-refractivity contribution in [1.29, 1.82) is 0 Å². The molecule has 1 aromatic carbocycles. The van der Waals surface area contributed by atoms with Crippen molar-refractivity contribution in [2.24, 2.45) is 0 Å². The molecule has 2 amide bonds. The molecule has 2 aliphatic rings. The largest absolute Gasteiger partial charge is 0.484 e. The highest BCUT2D eigenvalue weighted by Crippen LogP contribution is 2.38. The number of likely N-dealkylation sites (tertiary alicyclic amines) is 1. The second kappa shape index (κ2) is 4.81. The molecule has 5 nitrogen and oxygen atoms in total. The fourth-order valence-electron chi connectivity index (χ4n) is 2.95. The van der Waals surface area contributed by atoms with E-state index in [1.807, 2.05) is 25.1 Å². The fraction of sp³-hybridized carbons (Fsp3) is 0.467. The van der Waals surface area contributed by atoms with Crippen molar-refractivity contribution in [3.63, 3.8) is 0 Å². The van der Waals surface area contributed by atoms with Gasteiger partial charge in [0.2, 0.25) is 0 Å². The van der Waals surface area contributed by atoms with Crippen molar-refractivity contribution in [2.45, 2.75) is 25.4 Å². The van der Waals surface area contributed by atoms with Crippen LogP contribution in [-0.4, -0.2) is 41.9 Å². The van der Waals surface area contributed by atoms with Crippen molar-refractivity contribution in [1.82, 2.24) is 10.2 Å². The number of hydrogen-bond acceptors (Lipinski definition) is 3. The zero-order valence-corrected chi connectivity index (χ0v) is 11.5. The normalized spacial score (nSPS) is 24.4. The Kier molecular flexibility index (Phi) is 3.12. The summed E-state index contributed by atoms with van der Waals surface area (Å²) in [5, 5.41) is 2.79. The molecule has 0 aromatic heterocycles. The summed E-state index contributed by atoms with van der Waals surface area (Å²) in [6.07, 6.45) is 1.05. The monoisotopic (exact) mass is 274 g/mol. The molecule has 1 unspecified atom stereocenters. The number of amides is 2. The van der Waals surface area contributed by atoms with E-state index >= 15 is 0 Å². The first-order chi connectivity index (χ1) is 9.63.